The van der Waals surface area contributed by atoms with Gasteiger partial charge in [0.25, 0.3) is 0 Å². The van der Waals surface area contributed by atoms with Crippen molar-refractivity contribution in [2.24, 2.45) is 0 Å². The van der Waals surface area contributed by atoms with Crippen LogP contribution >= 0.6 is 19.4 Å². The fourth-order valence-corrected chi connectivity index (χ4v) is 8.16. The fraction of sp³-hybridized carbons (Fsp3) is 0.667. The number of hydrogen-bond acceptors (Lipinski definition) is 5. The van der Waals surface area contributed by atoms with Crippen molar-refractivity contribution >= 4 is 36.0 Å². The molecular weight excluding hydrogens is 557 g/mol. The van der Waals surface area contributed by atoms with Crippen LogP contribution in [0.25, 0.3) is 0 Å². The molecule has 2 aromatic carbocycles. The predicted molar refractivity (Wildman–Crippen MR) is 183 cm³/mol. The van der Waals surface area contributed by atoms with Gasteiger partial charge < -0.3 is 14.4 Å². The van der Waals surface area contributed by atoms with Crippen molar-refractivity contribution < 1.29 is 13.6 Å². The molecule has 3 rings (SSSR count). The Morgan fingerprint density at radius 3 is 1.55 bits per heavy atom. The summed E-state index contributed by atoms with van der Waals surface area (Å²) in [6, 6.07) is 14.3. The van der Waals surface area contributed by atoms with Crippen molar-refractivity contribution in [3.63, 3.8) is 0 Å². The van der Waals surface area contributed by atoms with Crippen LogP contribution in [0.5, 0.6) is 0 Å². The summed E-state index contributed by atoms with van der Waals surface area (Å²) in [4.78, 5) is 2.34. The van der Waals surface area contributed by atoms with Gasteiger partial charge in [-0.05, 0) is 43.2 Å². The number of unbranched alkanes of at least 4 members (excludes halogenated alkanes) is 18. The third kappa shape index (κ3) is 13.2. The second-order valence-electron chi connectivity index (χ2n) is 11.9. The quantitative estimate of drug-likeness (QED) is 0.0759. The van der Waals surface area contributed by atoms with Gasteiger partial charge in [-0.25, -0.2) is 0 Å². The number of anilines is 2. The summed E-state index contributed by atoms with van der Waals surface area (Å²) >= 11 is 1.74. The van der Waals surface area contributed by atoms with Crippen molar-refractivity contribution in [2.45, 2.75) is 152 Å². The second-order valence-corrected chi connectivity index (χ2v) is 15.0. The van der Waals surface area contributed by atoms with Crippen molar-refractivity contribution in [2.75, 3.05) is 18.5 Å². The molecule has 1 N–H and O–H groups in total. The largest absolute Gasteiger partial charge is 0.361 e. The van der Waals surface area contributed by atoms with Gasteiger partial charge in [-0.2, -0.15) is 0 Å². The summed E-state index contributed by atoms with van der Waals surface area (Å²) in [7, 11) is -3.41. The molecule has 1 aliphatic heterocycles. The minimum atomic E-state index is -3.41. The van der Waals surface area contributed by atoms with Crippen molar-refractivity contribution in [3.05, 3.63) is 42.5 Å². The highest BCUT2D eigenvalue weighted by Crippen LogP contribution is 2.50. The van der Waals surface area contributed by atoms with E-state index in [0.717, 1.165) is 42.0 Å². The standard InChI is InChI=1S/C36H58NO3PS/c1-3-5-7-9-11-13-15-17-19-23-29-39-41(38,40-30-24-20-18-16-14-12-10-8-6-4-2)32-27-28-36-34(31-32)37-33-25-21-22-26-35(33)42-36/h21-22,25-28,31,37H,3-20,23-24,29-30H2,1-2H3. The lowest BCUT2D eigenvalue weighted by atomic mass is 10.1. The molecule has 0 saturated carbocycles. The average Bonchev–Trinajstić information content (AvgIpc) is 3.01. The fourth-order valence-electron chi connectivity index (χ4n) is 5.53. The Labute approximate surface area is 262 Å². The number of para-hydroxylation sites is 1. The first-order chi connectivity index (χ1) is 20.7. The second kappa shape index (κ2) is 21.4. The van der Waals surface area contributed by atoms with Crippen LogP contribution in [0.1, 0.15) is 142 Å². The molecular formula is C36H58NO3PS. The van der Waals surface area contributed by atoms with Crippen molar-refractivity contribution in [3.8, 4) is 0 Å². The molecule has 0 bridgehead atoms. The predicted octanol–water partition coefficient (Wildman–Crippen LogP) is 12.6. The van der Waals surface area contributed by atoms with Crippen LogP contribution in [0, 0.1) is 0 Å². The summed E-state index contributed by atoms with van der Waals surface area (Å²) in [5, 5.41) is 4.18. The molecule has 0 aromatic heterocycles. The molecule has 1 aliphatic rings. The van der Waals surface area contributed by atoms with Crippen LogP contribution in [0.3, 0.4) is 0 Å². The first kappa shape index (κ1) is 35.2. The van der Waals surface area contributed by atoms with Crippen molar-refractivity contribution in [1.82, 2.24) is 0 Å². The molecule has 2 aromatic rings. The molecule has 4 nitrogen and oxygen atoms in total. The van der Waals surface area contributed by atoms with Crippen LogP contribution in [-0.2, 0) is 13.6 Å². The van der Waals surface area contributed by atoms with E-state index in [2.05, 4.69) is 43.4 Å². The summed E-state index contributed by atoms with van der Waals surface area (Å²) in [6.07, 6.45) is 25.3. The smallest absolute Gasteiger partial charge is 0.354 e. The molecule has 0 amide bonds. The molecule has 0 aliphatic carbocycles. The number of hydrogen-bond donors (Lipinski definition) is 1. The van der Waals surface area contributed by atoms with Crippen LogP contribution in [0.2, 0.25) is 0 Å². The van der Waals surface area contributed by atoms with E-state index in [1.54, 1.807) is 11.8 Å². The highest BCUT2D eigenvalue weighted by atomic mass is 32.2. The van der Waals surface area contributed by atoms with Crippen LogP contribution in [-0.4, -0.2) is 13.2 Å². The highest BCUT2D eigenvalue weighted by Gasteiger charge is 2.29. The molecule has 42 heavy (non-hydrogen) atoms. The molecule has 0 saturated heterocycles. The third-order valence-corrected chi connectivity index (χ3v) is 11.3. The van der Waals surface area contributed by atoms with E-state index in [0.29, 0.717) is 18.5 Å². The number of nitrogens with one attached hydrogen (secondary N) is 1. The Bertz CT molecular complexity index is 1020. The minimum absolute atomic E-state index is 0.480. The van der Waals surface area contributed by atoms with E-state index in [9.17, 15) is 4.57 Å². The molecule has 1 heterocycles. The van der Waals surface area contributed by atoms with Gasteiger partial charge in [-0.15, -0.1) is 0 Å². The zero-order valence-corrected chi connectivity index (χ0v) is 28.4. The number of rotatable bonds is 25. The molecule has 0 unspecified atom stereocenters. The van der Waals surface area contributed by atoms with Crippen LogP contribution in [0.4, 0.5) is 11.4 Å². The topological polar surface area (TPSA) is 47.6 Å². The van der Waals surface area contributed by atoms with E-state index < -0.39 is 7.60 Å². The maximum atomic E-state index is 14.2. The SMILES string of the molecule is CCCCCCCCCCCCOP(=O)(OCCCCCCCCCCCC)c1ccc2c(c1)Nc1ccccc1S2. The molecule has 0 spiro atoms. The summed E-state index contributed by atoms with van der Waals surface area (Å²) < 4.78 is 26.5. The van der Waals surface area contributed by atoms with Gasteiger partial charge in [0, 0.05) is 9.79 Å². The summed E-state index contributed by atoms with van der Waals surface area (Å²) in [5.41, 5.74) is 2.06. The molecule has 236 valence electrons. The third-order valence-electron chi connectivity index (χ3n) is 8.17. The van der Waals surface area contributed by atoms with E-state index in [-0.39, 0.29) is 0 Å². The first-order valence-corrected chi connectivity index (χ1v) is 19.6. The maximum Gasteiger partial charge on any atom is 0.361 e. The Hall–Kier alpha value is -1.26. The molecule has 0 radical (unpaired) electrons. The average molecular weight is 616 g/mol. The molecule has 6 heteroatoms. The summed E-state index contributed by atoms with van der Waals surface area (Å²) in [6.45, 7) is 5.50. The minimum Gasteiger partial charge on any atom is -0.354 e. The van der Waals surface area contributed by atoms with Gasteiger partial charge in [-0.3, -0.25) is 4.57 Å². The van der Waals surface area contributed by atoms with Gasteiger partial charge in [0.05, 0.1) is 29.9 Å². The summed E-state index contributed by atoms with van der Waals surface area (Å²) in [5.74, 6) is 0. The van der Waals surface area contributed by atoms with E-state index >= 15 is 0 Å². The van der Waals surface area contributed by atoms with Gasteiger partial charge in [0.1, 0.15) is 0 Å². The normalized spacial score (nSPS) is 12.6. The monoisotopic (exact) mass is 615 g/mol. The Balaban J connectivity index is 1.45. The van der Waals surface area contributed by atoms with Crippen molar-refractivity contribution in [1.29, 1.82) is 0 Å². The highest BCUT2D eigenvalue weighted by molar-refractivity contribution is 7.99. The maximum absolute atomic E-state index is 14.2. The van der Waals surface area contributed by atoms with Gasteiger partial charge in [0.2, 0.25) is 0 Å². The lowest BCUT2D eigenvalue weighted by Gasteiger charge is -2.24. The molecule has 0 atom stereocenters. The first-order valence-electron chi connectivity index (χ1n) is 17.2. The van der Waals surface area contributed by atoms with Gasteiger partial charge >= 0.3 is 7.60 Å². The lowest BCUT2D eigenvalue weighted by molar-refractivity contribution is 0.206. The Morgan fingerprint density at radius 2 is 1.02 bits per heavy atom. The number of fused-ring (bicyclic) bond motifs is 2. The van der Waals surface area contributed by atoms with Crippen LogP contribution < -0.4 is 10.6 Å². The van der Waals surface area contributed by atoms with Gasteiger partial charge in [0.15, 0.2) is 0 Å². The zero-order chi connectivity index (χ0) is 29.7. The van der Waals surface area contributed by atoms with Crippen LogP contribution in [0.15, 0.2) is 52.3 Å². The zero-order valence-electron chi connectivity index (χ0n) is 26.7. The Kier molecular flexibility index (Phi) is 18.0. The van der Waals surface area contributed by atoms with Gasteiger partial charge in [-0.1, -0.05) is 153 Å². The Morgan fingerprint density at radius 1 is 0.571 bits per heavy atom. The van der Waals surface area contributed by atoms with E-state index in [1.807, 2.05) is 18.2 Å². The van der Waals surface area contributed by atoms with E-state index in [1.165, 1.54) is 108 Å². The number of benzene rings is 2. The molecule has 0 fully saturated rings. The lowest BCUT2D eigenvalue weighted by Crippen LogP contribution is -2.14. The van der Waals surface area contributed by atoms with E-state index in [4.69, 9.17) is 9.05 Å².